The third-order valence-electron chi connectivity index (χ3n) is 2.58. The highest BCUT2D eigenvalue weighted by molar-refractivity contribution is 7.12. The van der Waals surface area contributed by atoms with Gasteiger partial charge in [-0.3, -0.25) is 4.79 Å². The average Bonchev–Trinajstić information content (AvgIpc) is 2.97. The van der Waals surface area contributed by atoms with E-state index in [1.807, 2.05) is 0 Å². The van der Waals surface area contributed by atoms with Gasteiger partial charge in [0.2, 0.25) is 0 Å². The maximum Gasteiger partial charge on any atom is 0.265 e. The topological polar surface area (TPSA) is 64.3 Å². The molecule has 21 heavy (non-hydrogen) atoms. The van der Waals surface area contributed by atoms with E-state index in [4.69, 9.17) is 22.1 Å². The van der Waals surface area contributed by atoms with Gasteiger partial charge in [0, 0.05) is 22.7 Å². The fraction of sp³-hybridized carbons (Fsp3) is 0.133. The smallest absolute Gasteiger partial charge is 0.265 e. The lowest BCUT2D eigenvalue weighted by atomic mass is 10.2. The van der Waals surface area contributed by atoms with Crippen LogP contribution in [0, 0.1) is 11.8 Å². The van der Waals surface area contributed by atoms with Crippen molar-refractivity contribution in [2.45, 2.75) is 0 Å². The standard InChI is InChI=1S/C15H13ClN2O2S/c1-20-12-8-14(21-9-12)15(19)18-11-4-5-13(16)10(7-11)3-2-6-17/h4-5,7-9H,6,17H2,1H3,(H,18,19). The van der Waals surface area contributed by atoms with Crippen LogP contribution in [0.1, 0.15) is 15.2 Å². The molecule has 0 spiro atoms. The van der Waals surface area contributed by atoms with Gasteiger partial charge in [-0.2, -0.15) is 0 Å². The summed E-state index contributed by atoms with van der Waals surface area (Å²) < 4.78 is 5.06. The highest BCUT2D eigenvalue weighted by Gasteiger charge is 2.10. The Hall–Kier alpha value is -2.00. The number of methoxy groups -OCH3 is 1. The van der Waals surface area contributed by atoms with Crippen LogP contribution in [0.2, 0.25) is 5.02 Å². The van der Waals surface area contributed by atoms with Crippen LogP contribution < -0.4 is 15.8 Å². The quantitative estimate of drug-likeness (QED) is 0.855. The summed E-state index contributed by atoms with van der Waals surface area (Å²) in [6.07, 6.45) is 0. The van der Waals surface area contributed by atoms with Gasteiger partial charge in [-0.25, -0.2) is 0 Å². The highest BCUT2D eigenvalue weighted by Crippen LogP contribution is 2.24. The van der Waals surface area contributed by atoms with Crippen LogP contribution in [0.25, 0.3) is 0 Å². The number of nitrogens with one attached hydrogen (secondary N) is 1. The number of carbonyl (C=O) groups is 1. The maximum absolute atomic E-state index is 12.1. The molecule has 0 fully saturated rings. The SMILES string of the molecule is COc1csc(C(=O)Nc2ccc(Cl)c(C#CCN)c2)c1. The minimum Gasteiger partial charge on any atom is -0.496 e. The summed E-state index contributed by atoms with van der Waals surface area (Å²) in [6, 6.07) is 6.81. The predicted octanol–water partition coefficient (Wildman–Crippen LogP) is 2.97. The van der Waals surface area contributed by atoms with E-state index in [0.29, 0.717) is 26.9 Å². The first-order valence-corrected chi connectivity index (χ1v) is 7.32. The molecule has 0 bridgehead atoms. The second-order valence-electron chi connectivity index (χ2n) is 4.01. The molecule has 2 aromatic rings. The van der Waals surface area contributed by atoms with Crippen molar-refractivity contribution < 1.29 is 9.53 Å². The molecular weight excluding hydrogens is 308 g/mol. The molecule has 0 aliphatic rings. The summed E-state index contributed by atoms with van der Waals surface area (Å²) in [5.74, 6) is 6.06. The van der Waals surface area contributed by atoms with Crippen molar-refractivity contribution in [2.24, 2.45) is 5.73 Å². The Morgan fingerprint density at radius 3 is 2.95 bits per heavy atom. The molecule has 0 radical (unpaired) electrons. The Labute approximate surface area is 131 Å². The Kier molecular flexibility index (Phi) is 5.23. The normalized spacial score (nSPS) is 9.67. The van der Waals surface area contributed by atoms with Gasteiger partial charge >= 0.3 is 0 Å². The minimum absolute atomic E-state index is 0.205. The van der Waals surface area contributed by atoms with E-state index >= 15 is 0 Å². The van der Waals surface area contributed by atoms with Crippen molar-refractivity contribution in [3.63, 3.8) is 0 Å². The summed E-state index contributed by atoms with van der Waals surface area (Å²) in [5.41, 5.74) is 6.59. The summed E-state index contributed by atoms with van der Waals surface area (Å²) in [7, 11) is 1.56. The van der Waals surface area contributed by atoms with Crippen LogP contribution in [-0.2, 0) is 0 Å². The summed E-state index contributed by atoms with van der Waals surface area (Å²) in [4.78, 5) is 12.7. The zero-order valence-corrected chi connectivity index (χ0v) is 12.8. The zero-order valence-electron chi connectivity index (χ0n) is 11.3. The van der Waals surface area contributed by atoms with E-state index < -0.39 is 0 Å². The molecule has 2 rings (SSSR count). The van der Waals surface area contributed by atoms with Gasteiger partial charge in [0.1, 0.15) is 5.75 Å². The Morgan fingerprint density at radius 2 is 2.29 bits per heavy atom. The molecule has 0 aliphatic carbocycles. The van der Waals surface area contributed by atoms with Crippen molar-refractivity contribution >= 4 is 34.5 Å². The molecular formula is C15H13ClN2O2S. The van der Waals surface area contributed by atoms with Crippen molar-refractivity contribution in [3.05, 3.63) is 45.1 Å². The fourth-order valence-electron chi connectivity index (χ4n) is 1.58. The van der Waals surface area contributed by atoms with Gasteiger partial charge in [0.25, 0.3) is 5.91 Å². The molecule has 3 N–H and O–H groups in total. The molecule has 108 valence electrons. The molecule has 1 amide bonds. The monoisotopic (exact) mass is 320 g/mol. The molecule has 0 saturated heterocycles. The highest BCUT2D eigenvalue weighted by atomic mass is 35.5. The number of amides is 1. The minimum atomic E-state index is -0.205. The first-order valence-electron chi connectivity index (χ1n) is 6.06. The number of halogens is 1. The van der Waals surface area contributed by atoms with Crippen molar-refractivity contribution in [1.29, 1.82) is 0 Å². The van der Waals surface area contributed by atoms with E-state index in [9.17, 15) is 4.79 Å². The molecule has 0 atom stereocenters. The van der Waals surface area contributed by atoms with Gasteiger partial charge in [-0.05, 0) is 18.2 Å². The van der Waals surface area contributed by atoms with Crippen LogP contribution in [0.15, 0.2) is 29.6 Å². The van der Waals surface area contributed by atoms with Gasteiger partial charge in [-0.15, -0.1) is 11.3 Å². The van der Waals surface area contributed by atoms with Gasteiger partial charge in [0.05, 0.1) is 23.6 Å². The molecule has 6 heteroatoms. The number of carbonyl (C=O) groups excluding carboxylic acids is 1. The largest absolute Gasteiger partial charge is 0.496 e. The lowest BCUT2D eigenvalue weighted by Crippen LogP contribution is -2.10. The first-order chi connectivity index (χ1) is 10.1. The van der Waals surface area contributed by atoms with E-state index in [2.05, 4.69) is 17.2 Å². The third kappa shape index (κ3) is 3.99. The number of hydrogen-bond donors (Lipinski definition) is 2. The van der Waals surface area contributed by atoms with E-state index in [-0.39, 0.29) is 12.5 Å². The van der Waals surface area contributed by atoms with Gasteiger partial charge < -0.3 is 15.8 Å². The number of rotatable bonds is 3. The average molecular weight is 321 g/mol. The lowest BCUT2D eigenvalue weighted by Gasteiger charge is -2.05. The van der Waals surface area contributed by atoms with Crippen molar-refractivity contribution in [1.82, 2.24) is 0 Å². The van der Waals surface area contributed by atoms with E-state index in [1.54, 1.807) is 36.8 Å². The fourth-order valence-corrected chi connectivity index (χ4v) is 2.50. The second-order valence-corrected chi connectivity index (χ2v) is 5.32. The number of ether oxygens (including phenoxy) is 1. The van der Waals surface area contributed by atoms with Crippen molar-refractivity contribution in [2.75, 3.05) is 19.0 Å². The molecule has 1 aromatic heterocycles. The Bertz CT molecular complexity index is 716. The van der Waals surface area contributed by atoms with Crippen LogP contribution in [0.5, 0.6) is 5.75 Å². The predicted molar refractivity (Wildman–Crippen MR) is 86.2 cm³/mol. The second kappa shape index (κ2) is 7.14. The summed E-state index contributed by atoms with van der Waals surface area (Å²) in [6.45, 7) is 0.252. The molecule has 1 heterocycles. The Morgan fingerprint density at radius 1 is 1.48 bits per heavy atom. The molecule has 0 saturated carbocycles. The van der Waals surface area contributed by atoms with Crippen LogP contribution in [0.3, 0.4) is 0 Å². The molecule has 1 aromatic carbocycles. The van der Waals surface area contributed by atoms with Crippen LogP contribution in [-0.4, -0.2) is 19.6 Å². The number of anilines is 1. The number of hydrogen-bond acceptors (Lipinski definition) is 4. The number of benzene rings is 1. The van der Waals surface area contributed by atoms with E-state index in [0.717, 1.165) is 0 Å². The molecule has 0 unspecified atom stereocenters. The molecule has 4 nitrogen and oxygen atoms in total. The molecule has 0 aliphatic heterocycles. The summed E-state index contributed by atoms with van der Waals surface area (Å²) in [5, 5.41) is 5.09. The lowest BCUT2D eigenvalue weighted by molar-refractivity contribution is 0.103. The van der Waals surface area contributed by atoms with Gasteiger partial charge in [0.15, 0.2) is 0 Å². The van der Waals surface area contributed by atoms with E-state index in [1.165, 1.54) is 11.3 Å². The van der Waals surface area contributed by atoms with Crippen LogP contribution in [0.4, 0.5) is 5.69 Å². The number of thiophene rings is 1. The zero-order chi connectivity index (χ0) is 15.2. The summed E-state index contributed by atoms with van der Waals surface area (Å²) >= 11 is 7.35. The number of nitrogens with two attached hydrogens (primary N) is 1. The Balaban J connectivity index is 2.17. The van der Waals surface area contributed by atoms with Crippen LogP contribution >= 0.6 is 22.9 Å². The van der Waals surface area contributed by atoms with Gasteiger partial charge in [-0.1, -0.05) is 23.4 Å². The third-order valence-corrected chi connectivity index (χ3v) is 3.82. The first kappa shape index (κ1) is 15.4. The van der Waals surface area contributed by atoms with Crippen molar-refractivity contribution in [3.8, 4) is 17.6 Å². The maximum atomic E-state index is 12.1.